The van der Waals surface area contributed by atoms with E-state index in [9.17, 15) is 9.59 Å². The Hall–Kier alpha value is -3.13. The molecule has 3 heterocycles. The molecule has 176 valence electrons. The summed E-state index contributed by atoms with van der Waals surface area (Å²) >= 11 is 1.44. The van der Waals surface area contributed by atoms with Crippen molar-refractivity contribution in [3.8, 4) is 5.69 Å². The molecule has 0 bridgehead atoms. The lowest BCUT2D eigenvalue weighted by Crippen LogP contribution is -2.31. The molecule has 2 aromatic carbocycles. The maximum atomic E-state index is 13.4. The summed E-state index contributed by atoms with van der Waals surface area (Å²) in [5.74, 6) is 0.928. The zero-order valence-corrected chi connectivity index (χ0v) is 20.4. The second kappa shape index (κ2) is 9.62. The number of rotatable bonds is 6. The number of para-hydroxylation sites is 1. The largest absolute Gasteiger partial charge is 0.341 e. The molecule has 2 aliphatic rings. The van der Waals surface area contributed by atoms with E-state index >= 15 is 0 Å². The lowest BCUT2D eigenvalue weighted by Gasteiger charge is -2.28. The van der Waals surface area contributed by atoms with Crippen LogP contribution < -0.4 is 9.80 Å². The second-order valence-electron chi connectivity index (χ2n) is 8.89. The summed E-state index contributed by atoms with van der Waals surface area (Å²) in [4.78, 5) is 29.3. The number of ketones is 1. The zero-order valence-electron chi connectivity index (χ0n) is 19.6. The van der Waals surface area contributed by atoms with Gasteiger partial charge in [-0.2, -0.15) is 0 Å². The number of amides is 1. The fourth-order valence-corrected chi connectivity index (χ4v) is 5.71. The lowest BCUT2D eigenvalue weighted by molar-refractivity contribution is -0.116. The van der Waals surface area contributed by atoms with Crippen LogP contribution in [-0.4, -0.2) is 51.3 Å². The minimum Gasteiger partial charge on any atom is -0.341 e. The van der Waals surface area contributed by atoms with Crippen molar-refractivity contribution in [3.05, 3.63) is 59.7 Å². The predicted molar refractivity (Wildman–Crippen MR) is 135 cm³/mol. The van der Waals surface area contributed by atoms with Crippen molar-refractivity contribution >= 4 is 35.1 Å². The number of benzene rings is 2. The summed E-state index contributed by atoms with van der Waals surface area (Å²) in [5.41, 5.74) is 3.64. The predicted octanol–water partition coefficient (Wildman–Crippen LogP) is 4.53. The molecule has 34 heavy (non-hydrogen) atoms. The highest BCUT2D eigenvalue weighted by atomic mass is 32.2. The van der Waals surface area contributed by atoms with Gasteiger partial charge in [-0.3, -0.25) is 14.2 Å². The van der Waals surface area contributed by atoms with Gasteiger partial charge in [0.1, 0.15) is 0 Å². The molecular formula is C26H29N5O2S. The summed E-state index contributed by atoms with van der Waals surface area (Å²) in [7, 11) is 0. The number of nitrogens with zero attached hydrogens (tertiary/aromatic N) is 5. The summed E-state index contributed by atoms with van der Waals surface area (Å²) < 4.78 is 2.08. The van der Waals surface area contributed by atoms with Crippen LogP contribution in [-0.2, 0) is 11.2 Å². The smallest absolute Gasteiger partial charge is 0.232 e. The Bertz CT molecular complexity index is 1200. The van der Waals surface area contributed by atoms with E-state index in [0.29, 0.717) is 12.1 Å². The van der Waals surface area contributed by atoms with Crippen LogP contribution in [0.1, 0.15) is 49.0 Å². The van der Waals surface area contributed by atoms with Crippen molar-refractivity contribution in [2.45, 2.75) is 49.9 Å². The topological polar surface area (TPSA) is 71.3 Å². The summed E-state index contributed by atoms with van der Waals surface area (Å²) in [6.07, 6.45) is 4.32. The van der Waals surface area contributed by atoms with E-state index < -0.39 is 0 Å². The molecule has 0 N–H and O–H groups in total. The van der Waals surface area contributed by atoms with Gasteiger partial charge in [0.2, 0.25) is 11.9 Å². The third kappa shape index (κ3) is 4.34. The minimum atomic E-state index is -0.329. The average molecular weight is 476 g/mol. The van der Waals surface area contributed by atoms with Crippen molar-refractivity contribution in [1.82, 2.24) is 14.8 Å². The first-order valence-corrected chi connectivity index (χ1v) is 12.8. The Morgan fingerprint density at radius 1 is 0.971 bits per heavy atom. The van der Waals surface area contributed by atoms with Crippen molar-refractivity contribution in [1.29, 1.82) is 0 Å². The minimum absolute atomic E-state index is 0.0338. The number of fused-ring (bicyclic) bond motifs is 1. The molecule has 8 heteroatoms. The van der Waals surface area contributed by atoms with E-state index in [1.54, 1.807) is 11.8 Å². The maximum absolute atomic E-state index is 13.4. The van der Waals surface area contributed by atoms with E-state index in [0.717, 1.165) is 60.4 Å². The number of thioether (sulfide) groups is 1. The van der Waals surface area contributed by atoms with Gasteiger partial charge < -0.3 is 9.80 Å². The fourth-order valence-electron chi connectivity index (χ4n) is 4.77. The molecule has 1 aromatic heterocycles. The number of carbonyl (C=O) groups excluding carboxylic acids is 2. The molecule has 1 fully saturated rings. The van der Waals surface area contributed by atoms with Crippen LogP contribution in [0.2, 0.25) is 0 Å². The van der Waals surface area contributed by atoms with E-state index in [2.05, 4.69) is 31.8 Å². The summed E-state index contributed by atoms with van der Waals surface area (Å²) in [6.45, 7) is 6.11. The Morgan fingerprint density at radius 2 is 1.74 bits per heavy atom. The lowest BCUT2D eigenvalue weighted by atomic mass is 10.0. The first kappa shape index (κ1) is 22.7. The highest BCUT2D eigenvalue weighted by molar-refractivity contribution is 8.00. The van der Waals surface area contributed by atoms with Gasteiger partial charge in [-0.05, 0) is 68.5 Å². The second-order valence-corrected chi connectivity index (χ2v) is 10.2. The van der Waals surface area contributed by atoms with Crippen LogP contribution >= 0.6 is 11.8 Å². The first-order chi connectivity index (χ1) is 16.5. The Morgan fingerprint density at radius 3 is 2.47 bits per heavy atom. The molecule has 1 unspecified atom stereocenters. The van der Waals surface area contributed by atoms with Crippen LogP contribution in [0.15, 0.2) is 53.7 Å². The highest BCUT2D eigenvalue weighted by Crippen LogP contribution is 2.33. The molecular weight excluding hydrogens is 446 g/mol. The van der Waals surface area contributed by atoms with Gasteiger partial charge >= 0.3 is 0 Å². The van der Waals surface area contributed by atoms with E-state index in [4.69, 9.17) is 0 Å². The SMILES string of the molecule is CC(=O)N1CCc2cc(C(=O)C(C)Sc3nnc(N4CCCCC4)n3-c3ccccc3)ccc21. The summed E-state index contributed by atoms with van der Waals surface area (Å²) in [5, 5.41) is 9.44. The van der Waals surface area contributed by atoms with Crippen LogP contribution in [0.3, 0.4) is 0 Å². The number of hydrogen-bond donors (Lipinski definition) is 0. The van der Waals surface area contributed by atoms with Gasteiger partial charge in [-0.1, -0.05) is 30.0 Å². The molecule has 7 nitrogen and oxygen atoms in total. The normalized spacial score (nSPS) is 16.4. The molecule has 0 aliphatic carbocycles. The zero-order chi connectivity index (χ0) is 23.7. The number of Topliss-reactive ketones (excluding diaryl/α,β-unsaturated/α-hetero) is 1. The van der Waals surface area contributed by atoms with Crippen molar-refractivity contribution in [2.24, 2.45) is 0 Å². The van der Waals surface area contributed by atoms with E-state index in [-0.39, 0.29) is 16.9 Å². The van der Waals surface area contributed by atoms with Crippen LogP contribution in [0.4, 0.5) is 11.6 Å². The molecule has 2 aliphatic heterocycles. The van der Waals surface area contributed by atoms with Crippen LogP contribution in [0.5, 0.6) is 0 Å². The van der Waals surface area contributed by atoms with Crippen molar-refractivity contribution in [2.75, 3.05) is 29.4 Å². The van der Waals surface area contributed by atoms with Crippen molar-refractivity contribution < 1.29 is 9.59 Å². The van der Waals surface area contributed by atoms with Crippen LogP contribution in [0.25, 0.3) is 5.69 Å². The highest BCUT2D eigenvalue weighted by Gasteiger charge is 2.27. The molecule has 1 saturated heterocycles. The molecule has 3 aromatic rings. The molecule has 0 radical (unpaired) electrons. The number of piperidine rings is 1. The first-order valence-electron chi connectivity index (χ1n) is 11.9. The number of aromatic nitrogens is 3. The van der Waals surface area contributed by atoms with Gasteiger partial charge in [-0.15, -0.1) is 10.2 Å². The Kier molecular flexibility index (Phi) is 6.41. The quantitative estimate of drug-likeness (QED) is 0.385. The Balaban J connectivity index is 1.40. The summed E-state index contributed by atoms with van der Waals surface area (Å²) in [6, 6.07) is 15.8. The Labute approximate surface area is 204 Å². The van der Waals surface area contributed by atoms with Gasteiger partial charge in [0.25, 0.3) is 0 Å². The van der Waals surface area contributed by atoms with Crippen LogP contribution in [0, 0.1) is 0 Å². The molecule has 5 rings (SSSR count). The van der Waals surface area contributed by atoms with Crippen molar-refractivity contribution in [3.63, 3.8) is 0 Å². The van der Waals surface area contributed by atoms with Gasteiger partial charge in [0, 0.05) is 37.8 Å². The molecule has 0 saturated carbocycles. The number of anilines is 2. The number of hydrogen-bond acceptors (Lipinski definition) is 6. The average Bonchev–Trinajstić information content (AvgIpc) is 3.48. The molecule has 0 spiro atoms. The monoisotopic (exact) mass is 475 g/mol. The fraction of sp³-hybridized carbons (Fsp3) is 0.385. The van der Waals surface area contributed by atoms with Gasteiger partial charge in [-0.25, -0.2) is 0 Å². The maximum Gasteiger partial charge on any atom is 0.232 e. The molecule has 1 atom stereocenters. The number of carbonyl (C=O) groups is 2. The van der Waals surface area contributed by atoms with Gasteiger partial charge in [0.15, 0.2) is 10.9 Å². The van der Waals surface area contributed by atoms with E-state index in [1.807, 2.05) is 43.3 Å². The standard InChI is InChI=1S/C26H29N5O2S/c1-18(24(33)21-11-12-23-20(17-21)13-16-30(23)19(2)32)34-26-28-27-25(29-14-7-4-8-15-29)31(26)22-9-5-3-6-10-22/h3,5-6,9-12,17-18H,4,7-8,13-16H2,1-2H3. The molecule has 1 amide bonds. The third-order valence-electron chi connectivity index (χ3n) is 6.56. The van der Waals surface area contributed by atoms with Gasteiger partial charge in [0.05, 0.1) is 10.9 Å². The van der Waals surface area contributed by atoms with E-state index in [1.165, 1.54) is 18.2 Å². The third-order valence-corrected chi connectivity index (χ3v) is 7.60.